The van der Waals surface area contributed by atoms with E-state index in [2.05, 4.69) is 209 Å². The van der Waals surface area contributed by atoms with Crippen LogP contribution in [0.1, 0.15) is 0 Å². The van der Waals surface area contributed by atoms with Crippen LogP contribution in [0.2, 0.25) is 0 Å². The van der Waals surface area contributed by atoms with Gasteiger partial charge in [0.2, 0.25) is 5.95 Å². The molecule has 0 saturated carbocycles. The first-order valence-electron chi connectivity index (χ1n) is 19.6. The van der Waals surface area contributed by atoms with E-state index in [0.717, 1.165) is 60.5 Å². The molecule has 5 heteroatoms. The van der Waals surface area contributed by atoms with E-state index in [1.165, 1.54) is 32.6 Å². The first-order valence-corrected chi connectivity index (χ1v) is 19.6. The molecule has 0 saturated heterocycles. The van der Waals surface area contributed by atoms with Gasteiger partial charge in [0, 0.05) is 38.4 Å². The Morgan fingerprint density at radius 1 is 0.310 bits per heavy atom. The third-order valence-corrected chi connectivity index (χ3v) is 11.5. The Morgan fingerprint density at radius 2 is 0.845 bits per heavy atom. The Morgan fingerprint density at radius 3 is 1.53 bits per heavy atom. The molecular weight excluding hydrogens is 707 g/mol. The van der Waals surface area contributed by atoms with Crippen molar-refractivity contribution in [3.05, 3.63) is 200 Å². The van der Waals surface area contributed by atoms with Crippen LogP contribution in [0.4, 0.5) is 0 Å². The molecule has 12 aromatic rings. The van der Waals surface area contributed by atoms with E-state index in [4.69, 9.17) is 15.0 Å². The molecule has 5 nitrogen and oxygen atoms in total. The van der Waals surface area contributed by atoms with E-state index in [-0.39, 0.29) is 0 Å². The average Bonchev–Trinajstić information content (AvgIpc) is 3.81. The zero-order chi connectivity index (χ0) is 38.2. The zero-order valence-corrected chi connectivity index (χ0v) is 31.3. The fraction of sp³-hybridized carbons (Fsp3) is 0. The van der Waals surface area contributed by atoms with Gasteiger partial charge in [-0.25, -0.2) is 4.98 Å². The van der Waals surface area contributed by atoms with E-state index in [9.17, 15) is 0 Å². The van der Waals surface area contributed by atoms with Crippen LogP contribution >= 0.6 is 0 Å². The van der Waals surface area contributed by atoms with Gasteiger partial charge in [-0.05, 0) is 87.3 Å². The lowest BCUT2D eigenvalue weighted by Gasteiger charge is -2.12. The standard InChI is InChI=1S/C53H33N5/c1-2-17-41(18-3-1)57-46-22-10-8-19-43(46)45-33-38(29-30-48(45)57)42-21-12-24-49-50(42)44-20-9-11-23-47(44)58(49)53-55-51(39-27-25-34-13-4-6-15-36(34)31-39)54-52(56-53)40-28-26-35-14-5-7-16-37(35)32-40/h1-33H. The quantitative estimate of drug-likeness (QED) is 0.177. The summed E-state index contributed by atoms with van der Waals surface area (Å²) < 4.78 is 4.58. The number of rotatable bonds is 5. The molecule has 0 N–H and O–H groups in total. The van der Waals surface area contributed by atoms with E-state index in [0.29, 0.717) is 17.6 Å². The molecule has 0 radical (unpaired) electrons. The van der Waals surface area contributed by atoms with Crippen molar-refractivity contribution in [3.8, 4) is 45.5 Å². The number of aromatic nitrogens is 5. The normalized spacial score (nSPS) is 11.8. The second-order valence-corrected chi connectivity index (χ2v) is 14.9. The molecule has 0 fully saturated rings. The minimum atomic E-state index is 0.575. The topological polar surface area (TPSA) is 48.5 Å². The molecule has 12 rings (SSSR count). The monoisotopic (exact) mass is 739 g/mol. The van der Waals surface area contributed by atoms with Crippen LogP contribution in [-0.4, -0.2) is 24.1 Å². The molecule has 3 aromatic heterocycles. The lowest BCUT2D eigenvalue weighted by molar-refractivity contribution is 0.954. The number of hydrogen-bond acceptors (Lipinski definition) is 3. The predicted molar refractivity (Wildman–Crippen MR) is 240 cm³/mol. The van der Waals surface area contributed by atoms with Crippen molar-refractivity contribution >= 4 is 65.2 Å². The molecule has 0 aliphatic carbocycles. The number of nitrogens with zero attached hydrogens (tertiary/aromatic N) is 5. The summed E-state index contributed by atoms with van der Waals surface area (Å²) in [7, 11) is 0. The molecule has 9 aromatic carbocycles. The van der Waals surface area contributed by atoms with E-state index < -0.39 is 0 Å². The first kappa shape index (κ1) is 32.4. The van der Waals surface area contributed by atoms with Gasteiger partial charge < -0.3 is 4.57 Å². The Balaban J connectivity index is 1.10. The van der Waals surface area contributed by atoms with Crippen LogP contribution in [0, 0.1) is 0 Å². The molecule has 0 atom stereocenters. The number of benzene rings is 9. The van der Waals surface area contributed by atoms with Crippen LogP contribution in [0.5, 0.6) is 0 Å². The summed E-state index contributed by atoms with van der Waals surface area (Å²) in [5, 5.41) is 9.37. The highest BCUT2D eigenvalue weighted by Gasteiger charge is 2.21. The Bertz CT molecular complexity index is 3480. The van der Waals surface area contributed by atoms with Crippen LogP contribution in [0.3, 0.4) is 0 Å². The van der Waals surface area contributed by atoms with Gasteiger partial charge in [0.05, 0.1) is 22.1 Å². The van der Waals surface area contributed by atoms with E-state index in [1.54, 1.807) is 0 Å². The van der Waals surface area contributed by atoms with Crippen molar-refractivity contribution in [3.63, 3.8) is 0 Å². The molecular formula is C53H33N5. The highest BCUT2D eigenvalue weighted by atomic mass is 15.2. The molecule has 0 bridgehead atoms. The molecule has 0 unspecified atom stereocenters. The summed E-state index contributed by atoms with van der Waals surface area (Å²) >= 11 is 0. The first-order chi connectivity index (χ1) is 28.7. The highest BCUT2D eigenvalue weighted by Crippen LogP contribution is 2.41. The van der Waals surface area contributed by atoms with Gasteiger partial charge in [-0.15, -0.1) is 0 Å². The zero-order valence-electron chi connectivity index (χ0n) is 31.3. The fourth-order valence-corrected chi connectivity index (χ4v) is 8.85. The summed E-state index contributed by atoms with van der Waals surface area (Å²) in [6, 6.07) is 71.1. The summed E-state index contributed by atoms with van der Waals surface area (Å²) in [6.45, 7) is 0. The van der Waals surface area contributed by atoms with Crippen molar-refractivity contribution in [1.29, 1.82) is 0 Å². The van der Waals surface area contributed by atoms with Crippen LogP contribution < -0.4 is 0 Å². The van der Waals surface area contributed by atoms with E-state index >= 15 is 0 Å². The van der Waals surface area contributed by atoms with Crippen LogP contribution in [0.25, 0.3) is 111 Å². The van der Waals surface area contributed by atoms with Gasteiger partial charge in [0.1, 0.15) is 0 Å². The summed E-state index contributed by atoms with van der Waals surface area (Å²) in [4.78, 5) is 15.7. The SMILES string of the molecule is c1ccc(-n2c3ccccc3c3cc(-c4cccc5c4c4ccccc4n5-c4nc(-c5ccc6ccccc6c5)nc(-c5ccc6ccccc6c5)n4)ccc32)cc1. The summed E-state index contributed by atoms with van der Waals surface area (Å²) in [5.74, 6) is 1.83. The lowest BCUT2D eigenvalue weighted by Crippen LogP contribution is -2.06. The van der Waals surface area contributed by atoms with Crippen LogP contribution in [0.15, 0.2) is 200 Å². The van der Waals surface area contributed by atoms with Gasteiger partial charge in [0.25, 0.3) is 0 Å². The predicted octanol–water partition coefficient (Wildman–Crippen LogP) is 13.4. The number of para-hydroxylation sites is 3. The van der Waals surface area contributed by atoms with E-state index in [1.807, 2.05) is 0 Å². The largest absolute Gasteiger partial charge is 0.309 e. The van der Waals surface area contributed by atoms with Crippen molar-refractivity contribution in [1.82, 2.24) is 24.1 Å². The molecule has 58 heavy (non-hydrogen) atoms. The smallest absolute Gasteiger partial charge is 0.238 e. The second kappa shape index (κ2) is 12.8. The van der Waals surface area contributed by atoms with Crippen molar-refractivity contribution in [2.24, 2.45) is 0 Å². The maximum absolute atomic E-state index is 5.29. The molecule has 0 aliphatic heterocycles. The summed E-state index contributed by atoms with van der Waals surface area (Å²) in [6.07, 6.45) is 0. The molecule has 270 valence electrons. The van der Waals surface area contributed by atoms with Crippen molar-refractivity contribution in [2.45, 2.75) is 0 Å². The third-order valence-electron chi connectivity index (χ3n) is 11.5. The third kappa shape index (κ3) is 5.07. The number of hydrogen-bond donors (Lipinski definition) is 0. The molecule has 0 aliphatic rings. The van der Waals surface area contributed by atoms with Crippen LogP contribution in [-0.2, 0) is 0 Å². The number of fused-ring (bicyclic) bond motifs is 8. The Kier molecular flexibility index (Phi) is 7.16. The van der Waals surface area contributed by atoms with Gasteiger partial charge in [-0.2, -0.15) is 9.97 Å². The lowest BCUT2D eigenvalue weighted by atomic mass is 9.98. The molecule has 0 spiro atoms. The Labute approximate surface area is 333 Å². The van der Waals surface area contributed by atoms with Gasteiger partial charge in [-0.3, -0.25) is 4.57 Å². The highest BCUT2D eigenvalue weighted by molar-refractivity contribution is 6.17. The molecule has 0 amide bonds. The van der Waals surface area contributed by atoms with Gasteiger partial charge in [0.15, 0.2) is 11.6 Å². The fourth-order valence-electron chi connectivity index (χ4n) is 8.85. The van der Waals surface area contributed by atoms with Crippen molar-refractivity contribution < 1.29 is 0 Å². The minimum absolute atomic E-state index is 0.575. The maximum atomic E-state index is 5.29. The Hall–Kier alpha value is -7.89. The van der Waals surface area contributed by atoms with Crippen molar-refractivity contribution in [2.75, 3.05) is 0 Å². The summed E-state index contributed by atoms with van der Waals surface area (Å²) in [5.41, 5.74) is 9.77. The minimum Gasteiger partial charge on any atom is -0.309 e. The average molecular weight is 740 g/mol. The van der Waals surface area contributed by atoms with Gasteiger partial charge >= 0.3 is 0 Å². The maximum Gasteiger partial charge on any atom is 0.238 e. The van der Waals surface area contributed by atoms with Gasteiger partial charge in [-0.1, -0.05) is 146 Å². The second-order valence-electron chi connectivity index (χ2n) is 14.9. The molecule has 3 heterocycles.